The largest absolute Gasteiger partial charge is 0.481 e. The minimum Gasteiger partial charge on any atom is -0.481 e. The molecule has 8 nitrogen and oxygen atoms in total. The number of aliphatic carboxylic acids is 1. The van der Waals surface area contributed by atoms with Gasteiger partial charge in [0.05, 0.1) is 22.8 Å². The fourth-order valence-electron chi connectivity index (χ4n) is 13.6. The van der Waals surface area contributed by atoms with Gasteiger partial charge in [0.1, 0.15) is 11.9 Å². The van der Waals surface area contributed by atoms with Gasteiger partial charge in [0.15, 0.2) is 0 Å². The summed E-state index contributed by atoms with van der Waals surface area (Å²) in [5.74, 6) is -1.79. The number of carboxylic acids is 2. The third-order valence-corrected chi connectivity index (χ3v) is 16.6. The average Bonchev–Trinajstić information content (AvgIpc) is 3.47. The summed E-state index contributed by atoms with van der Waals surface area (Å²) in [6.45, 7) is 21.8. The second kappa shape index (κ2) is 13.2. The second-order valence-corrected chi connectivity index (χ2v) is 19.8. The molecule has 5 aliphatic rings. The van der Waals surface area contributed by atoms with Gasteiger partial charge in [0.25, 0.3) is 0 Å². The van der Waals surface area contributed by atoms with Crippen LogP contribution in [0.15, 0.2) is 30.4 Å². The number of hydrogen-bond acceptors (Lipinski definition) is 5. The highest BCUT2D eigenvalue weighted by Gasteiger charge is 2.72. The molecule has 0 saturated heterocycles. The van der Waals surface area contributed by atoms with Crippen LogP contribution in [0.25, 0.3) is 0 Å². The van der Waals surface area contributed by atoms with Gasteiger partial charge in [-0.25, -0.2) is 9.18 Å². The van der Waals surface area contributed by atoms with Crippen LogP contribution in [0, 0.1) is 67.9 Å². The third kappa shape index (κ3) is 6.05. The van der Waals surface area contributed by atoms with E-state index in [1.165, 1.54) is 12.1 Å². The Morgan fingerprint density at radius 2 is 1.60 bits per heavy atom. The van der Waals surface area contributed by atoms with Gasteiger partial charge in [-0.1, -0.05) is 52.8 Å². The van der Waals surface area contributed by atoms with Gasteiger partial charge in [0.2, 0.25) is 5.91 Å². The SMILES string of the molecule is C=C(C)[C@@H]1CC[C@]2(C(=O)NCc3ccc(F)cc3C(=O)O)CC[C@]3(C)[C@H](CC[C@@H]4[C@@]5(C)CC[C@H](OC(=O)CC(C)(C)C(=O)O)C(C)(C)[C@@H]5CC[C@]43C)[C@@H]12. The van der Waals surface area contributed by atoms with Crippen molar-refractivity contribution in [2.24, 2.45) is 62.1 Å². The third-order valence-electron chi connectivity index (χ3n) is 16.6. The Labute approximate surface area is 315 Å². The number of carbonyl (C=O) groups is 4. The van der Waals surface area contributed by atoms with Crippen molar-refractivity contribution >= 4 is 23.8 Å². The summed E-state index contributed by atoms with van der Waals surface area (Å²) in [6, 6.07) is 3.71. The Morgan fingerprint density at radius 1 is 0.906 bits per heavy atom. The monoisotopic (exact) mass is 735 g/mol. The zero-order valence-corrected chi connectivity index (χ0v) is 33.2. The average molecular weight is 736 g/mol. The number of ether oxygens (including phenoxy) is 1. The highest BCUT2D eigenvalue weighted by molar-refractivity contribution is 5.90. The first-order valence-electron chi connectivity index (χ1n) is 19.9. The molecule has 5 fully saturated rings. The van der Waals surface area contributed by atoms with Gasteiger partial charge < -0.3 is 20.3 Å². The number of esters is 1. The lowest BCUT2D eigenvalue weighted by Gasteiger charge is -2.72. The molecule has 0 bridgehead atoms. The number of hydrogen-bond donors (Lipinski definition) is 3. The number of amides is 1. The highest BCUT2D eigenvalue weighted by Crippen LogP contribution is 2.77. The summed E-state index contributed by atoms with van der Waals surface area (Å²) in [4.78, 5) is 51.2. The van der Waals surface area contributed by atoms with Crippen molar-refractivity contribution in [1.29, 1.82) is 0 Å². The van der Waals surface area contributed by atoms with Crippen LogP contribution in [0.5, 0.6) is 0 Å². The predicted molar refractivity (Wildman–Crippen MR) is 200 cm³/mol. The molecular weight excluding hydrogens is 673 g/mol. The molecule has 0 radical (unpaired) electrons. The Bertz CT molecular complexity index is 1700. The maximum absolute atomic E-state index is 14.5. The zero-order chi connectivity index (χ0) is 39.1. The first-order valence-corrected chi connectivity index (χ1v) is 19.9. The minimum atomic E-state index is -1.22. The Hall–Kier alpha value is -3.23. The summed E-state index contributed by atoms with van der Waals surface area (Å²) in [5.41, 5.74) is -0.541. The fraction of sp³-hybridized carbons (Fsp3) is 0.727. The van der Waals surface area contributed by atoms with Crippen molar-refractivity contribution in [3.05, 3.63) is 47.3 Å². The van der Waals surface area contributed by atoms with Crippen molar-refractivity contribution in [2.45, 2.75) is 139 Å². The predicted octanol–water partition coefficient (Wildman–Crippen LogP) is 9.21. The molecular formula is C44H62FNO7. The van der Waals surface area contributed by atoms with Crippen LogP contribution in [0.3, 0.4) is 0 Å². The molecule has 6 rings (SSSR count). The number of nitrogens with one attached hydrogen (secondary N) is 1. The van der Waals surface area contributed by atoms with E-state index in [0.717, 1.165) is 75.8 Å². The molecule has 3 N–H and O–H groups in total. The fourth-order valence-corrected chi connectivity index (χ4v) is 13.6. The molecule has 9 heteroatoms. The molecule has 1 aromatic rings. The van der Waals surface area contributed by atoms with Crippen LogP contribution in [0.1, 0.15) is 142 Å². The summed E-state index contributed by atoms with van der Waals surface area (Å²) < 4.78 is 20.1. The van der Waals surface area contributed by atoms with Crippen molar-refractivity contribution in [3.8, 4) is 0 Å². The van der Waals surface area contributed by atoms with Crippen LogP contribution < -0.4 is 5.32 Å². The van der Waals surface area contributed by atoms with Crippen LogP contribution in [-0.2, 0) is 25.7 Å². The standard InChI is InChI=1S/C44H62FNO7/c1-25(2)28-14-19-44(37(50)46-24-26-10-11-27(45)22-29(26)36(48)49)21-20-42(8)30(35(28)44)12-13-32-41(7)17-16-33(53-34(47)23-39(3,4)38(51)52)40(5,6)31(41)15-18-43(32,42)9/h10-11,22,28,30-33,35H,1,12-21,23-24H2,2-9H3,(H,46,50)(H,48,49)(H,51,52)/t28-,30+,31-,32+,33-,35+,41-,42+,43+,44-/m0/s1. The van der Waals surface area contributed by atoms with Gasteiger partial charge >= 0.3 is 17.9 Å². The maximum Gasteiger partial charge on any atom is 0.336 e. The van der Waals surface area contributed by atoms with Crippen LogP contribution >= 0.6 is 0 Å². The van der Waals surface area contributed by atoms with E-state index < -0.39 is 34.6 Å². The number of allylic oxidation sites excluding steroid dienone is 1. The van der Waals surface area contributed by atoms with Gasteiger partial charge in [-0.3, -0.25) is 14.4 Å². The lowest BCUT2D eigenvalue weighted by Crippen LogP contribution is -2.67. The Morgan fingerprint density at radius 3 is 2.25 bits per heavy atom. The topological polar surface area (TPSA) is 130 Å². The van der Waals surface area contributed by atoms with E-state index in [0.29, 0.717) is 23.3 Å². The van der Waals surface area contributed by atoms with E-state index in [2.05, 4.69) is 53.4 Å². The van der Waals surface area contributed by atoms with Crippen molar-refractivity contribution in [3.63, 3.8) is 0 Å². The number of fused-ring (bicyclic) bond motifs is 7. The Kier molecular flexibility index (Phi) is 9.84. The first kappa shape index (κ1) is 39.5. The van der Waals surface area contributed by atoms with Crippen molar-refractivity contribution < 1.29 is 38.5 Å². The molecule has 10 atom stereocenters. The van der Waals surface area contributed by atoms with E-state index in [1.807, 2.05) is 0 Å². The molecule has 0 spiro atoms. The number of carboxylic acid groups (broad SMARTS) is 2. The molecule has 0 aromatic heterocycles. The number of benzene rings is 1. The first-order chi connectivity index (χ1) is 24.5. The number of carbonyl (C=O) groups excluding carboxylic acids is 2. The van der Waals surface area contributed by atoms with Gasteiger partial charge in [-0.2, -0.15) is 0 Å². The maximum atomic E-state index is 14.5. The number of rotatable bonds is 9. The van der Waals surface area contributed by atoms with Gasteiger partial charge in [0, 0.05) is 12.0 Å². The molecule has 1 aromatic carbocycles. The van der Waals surface area contributed by atoms with Gasteiger partial charge in [-0.05, 0) is 149 Å². The lowest BCUT2D eigenvalue weighted by atomic mass is 9.32. The molecule has 0 heterocycles. The highest BCUT2D eigenvalue weighted by atomic mass is 19.1. The zero-order valence-electron chi connectivity index (χ0n) is 33.2. The van der Waals surface area contributed by atoms with E-state index in [1.54, 1.807) is 13.8 Å². The summed E-state index contributed by atoms with van der Waals surface area (Å²) >= 11 is 0. The van der Waals surface area contributed by atoms with E-state index >= 15 is 0 Å². The molecule has 1 amide bonds. The van der Waals surface area contributed by atoms with E-state index in [4.69, 9.17) is 4.74 Å². The molecule has 0 aliphatic heterocycles. The van der Waals surface area contributed by atoms with Gasteiger partial charge in [-0.15, -0.1) is 0 Å². The minimum absolute atomic E-state index is 0.000308. The summed E-state index contributed by atoms with van der Waals surface area (Å²) in [7, 11) is 0. The summed E-state index contributed by atoms with van der Waals surface area (Å²) in [6.07, 6.45) is 8.89. The molecule has 0 unspecified atom stereocenters. The van der Waals surface area contributed by atoms with E-state index in [9.17, 15) is 33.8 Å². The van der Waals surface area contributed by atoms with Crippen molar-refractivity contribution in [1.82, 2.24) is 5.32 Å². The Balaban J connectivity index is 1.25. The lowest BCUT2D eigenvalue weighted by molar-refractivity contribution is -0.249. The molecule has 292 valence electrons. The summed E-state index contributed by atoms with van der Waals surface area (Å²) in [5, 5.41) is 22.5. The quantitative estimate of drug-likeness (QED) is 0.170. The molecule has 5 saturated carbocycles. The smallest absolute Gasteiger partial charge is 0.336 e. The number of aromatic carboxylic acids is 1. The molecule has 5 aliphatic carbocycles. The normalized spacial score (nSPS) is 38.7. The second-order valence-electron chi connectivity index (χ2n) is 19.8. The van der Waals surface area contributed by atoms with Crippen molar-refractivity contribution in [2.75, 3.05) is 0 Å². The van der Waals surface area contributed by atoms with E-state index in [-0.39, 0.29) is 64.0 Å². The molecule has 53 heavy (non-hydrogen) atoms. The van der Waals surface area contributed by atoms with Crippen LogP contribution in [0.4, 0.5) is 4.39 Å². The van der Waals surface area contributed by atoms with Crippen LogP contribution in [0.2, 0.25) is 0 Å². The van der Waals surface area contributed by atoms with Crippen LogP contribution in [-0.4, -0.2) is 40.1 Å². The number of halogens is 1.